The third-order valence-corrected chi connectivity index (χ3v) is 3.84. The summed E-state index contributed by atoms with van der Waals surface area (Å²) in [5.41, 5.74) is 3.72. The molecule has 0 bridgehead atoms. The maximum atomic E-state index is 4.60. The molecule has 0 amide bonds. The molecule has 3 aromatic rings. The van der Waals surface area contributed by atoms with Gasteiger partial charge in [0.25, 0.3) is 0 Å². The van der Waals surface area contributed by atoms with Crippen LogP contribution in [-0.2, 0) is 7.05 Å². The van der Waals surface area contributed by atoms with Crippen LogP contribution in [0.25, 0.3) is 21.3 Å². The first-order valence-corrected chi connectivity index (χ1v) is 5.80. The van der Waals surface area contributed by atoms with E-state index >= 15 is 0 Å². The first kappa shape index (κ1) is 8.92. The van der Waals surface area contributed by atoms with E-state index in [4.69, 9.17) is 0 Å². The van der Waals surface area contributed by atoms with Gasteiger partial charge in [0.05, 0.1) is 10.5 Å². The Bertz CT molecular complexity index is 661. The number of aromatic nitrogens is 2. The van der Waals surface area contributed by atoms with E-state index in [0.717, 1.165) is 10.5 Å². The van der Waals surface area contributed by atoms with Gasteiger partial charge in [-0.3, -0.25) is 0 Å². The van der Waals surface area contributed by atoms with Gasteiger partial charge in [-0.15, -0.1) is 11.3 Å². The molecule has 0 aliphatic rings. The molecule has 2 heterocycles. The summed E-state index contributed by atoms with van der Waals surface area (Å²) >= 11 is 1.76. The number of aryl methyl sites for hydroxylation is 3. The normalized spacial score (nSPS) is 11.7. The van der Waals surface area contributed by atoms with Crippen molar-refractivity contribution in [2.45, 2.75) is 13.8 Å². The lowest BCUT2D eigenvalue weighted by Crippen LogP contribution is -1.84. The van der Waals surface area contributed by atoms with Gasteiger partial charge in [0, 0.05) is 12.4 Å². The van der Waals surface area contributed by atoms with Gasteiger partial charge in [-0.2, -0.15) is 0 Å². The summed E-state index contributed by atoms with van der Waals surface area (Å²) in [4.78, 5) is 5.87. The minimum atomic E-state index is 1.14. The Morgan fingerprint density at radius 3 is 2.87 bits per heavy atom. The molecule has 0 spiro atoms. The van der Waals surface area contributed by atoms with Crippen molar-refractivity contribution in [2.24, 2.45) is 7.05 Å². The summed E-state index contributed by atoms with van der Waals surface area (Å²) in [6.45, 7) is 4.18. The van der Waals surface area contributed by atoms with Crippen LogP contribution >= 0.6 is 11.3 Å². The van der Waals surface area contributed by atoms with Crippen molar-refractivity contribution in [1.82, 2.24) is 9.55 Å². The molecular formula is C12H12N2S. The molecule has 0 aliphatic carbocycles. The molecule has 3 heteroatoms. The van der Waals surface area contributed by atoms with Gasteiger partial charge in [0.15, 0.2) is 0 Å². The zero-order chi connectivity index (χ0) is 10.6. The van der Waals surface area contributed by atoms with Gasteiger partial charge in [-0.25, -0.2) is 4.98 Å². The van der Waals surface area contributed by atoms with Crippen LogP contribution in [0.3, 0.4) is 0 Å². The highest BCUT2D eigenvalue weighted by molar-refractivity contribution is 7.18. The standard InChI is InChI=1S/C12H12N2S/c1-7-4-5-10-9(6-7)11-12(14(10)3)15-8(2)13-11/h4-6H,1-3H3. The third-order valence-electron chi connectivity index (χ3n) is 2.79. The highest BCUT2D eigenvalue weighted by Crippen LogP contribution is 2.31. The number of hydrogen-bond acceptors (Lipinski definition) is 2. The van der Waals surface area contributed by atoms with Crippen LogP contribution in [0, 0.1) is 13.8 Å². The minimum Gasteiger partial charge on any atom is -0.334 e. The predicted octanol–water partition coefficient (Wildman–Crippen LogP) is 3.40. The Balaban J connectivity index is 2.60. The summed E-state index contributed by atoms with van der Waals surface area (Å²) in [6.07, 6.45) is 0. The molecule has 0 aliphatic heterocycles. The molecule has 2 aromatic heterocycles. The Hall–Kier alpha value is -1.35. The van der Waals surface area contributed by atoms with Crippen LogP contribution in [0.2, 0.25) is 0 Å². The topological polar surface area (TPSA) is 17.8 Å². The Morgan fingerprint density at radius 1 is 1.27 bits per heavy atom. The van der Waals surface area contributed by atoms with E-state index in [1.54, 1.807) is 11.3 Å². The van der Waals surface area contributed by atoms with Gasteiger partial charge in [-0.05, 0) is 26.0 Å². The summed E-state index contributed by atoms with van der Waals surface area (Å²) < 4.78 is 2.23. The molecular weight excluding hydrogens is 204 g/mol. The van der Waals surface area contributed by atoms with E-state index in [1.807, 2.05) is 0 Å². The van der Waals surface area contributed by atoms with E-state index in [0.29, 0.717) is 0 Å². The number of benzene rings is 1. The van der Waals surface area contributed by atoms with E-state index in [2.05, 4.69) is 48.6 Å². The number of nitrogens with zero attached hydrogens (tertiary/aromatic N) is 2. The second-order valence-corrected chi connectivity index (χ2v) is 5.15. The fourth-order valence-electron chi connectivity index (χ4n) is 2.06. The van der Waals surface area contributed by atoms with Crippen LogP contribution in [0.5, 0.6) is 0 Å². The zero-order valence-electron chi connectivity index (χ0n) is 9.03. The molecule has 0 radical (unpaired) electrons. The van der Waals surface area contributed by atoms with E-state index in [9.17, 15) is 0 Å². The minimum absolute atomic E-state index is 1.14. The first-order chi connectivity index (χ1) is 7.16. The molecule has 0 unspecified atom stereocenters. The van der Waals surface area contributed by atoms with E-state index in [-0.39, 0.29) is 0 Å². The summed E-state index contributed by atoms with van der Waals surface area (Å²) in [7, 11) is 2.11. The average molecular weight is 216 g/mol. The highest BCUT2D eigenvalue weighted by Gasteiger charge is 2.11. The molecule has 1 aromatic carbocycles. The van der Waals surface area contributed by atoms with Crippen LogP contribution in [0.15, 0.2) is 18.2 Å². The number of rotatable bonds is 0. The summed E-state index contributed by atoms with van der Waals surface area (Å²) in [5, 5.41) is 2.41. The summed E-state index contributed by atoms with van der Waals surface area (Å²) in [6, 6.07) is 6.55. The van der Waals surface area contributed by atoms with Crippen molar-refractivity contribution in [3.05, 3.63) is 28.8 Å². The molecule has 15 heavy (non-hydrogen) atoms. The molecule has 2 nitrogen and oxygen atoms in total. The summed E-state index contributed by atoms with van der Waals surface area (Å²) in [5.74, 6) is 0. The maximum Gasteiger partial charge on any atom is 0.124 e. The van der Waals surface area contributed by atoms with Crippen LogP contribution in [-0.4, -0.2) is 9.55 Å². The Morgan fingerprint density at radius 2 is 2.07 bits per heavy atom. The van der Waals surface area contributed by atoms with Gasteiger partial charge < -0.3 is 4.57 Å². The quantitative estimate of drug-likeness (QED) is 0.563. The fourth-order valence-corrected chi connectivity index (χ4v) is 2.96. The molecule has 0 saturated carbocycles. The van der Waals surface area contributed by atoms with Gasteiger partial charge >= 0.3 is 0 Å². The SMILES string of the molecule is Cc1ccc2c(c1)c1nc(C)sc1n2C. The Kier molecular flexibility index (Phi) is 1.68. The van der Waals surface area contributed by atoms with E-state index in [1.165, 1.54) is 21.3 Å². The lowest BCUT2D eigenvalue weighted by atomic mass is 10.2. The van der Waals surface area contributed by atoms with Crippen molar-refractivity contribution < 1.29 is 0 Å². The van der Waals surface area contributed by atoms with Crippen molar-refractivity contribution in [3.63, 3.8) is 0 Å². The molecule has 0 atom stereocenters. The maximum absolute atomic E-state index is 4.60. The lowest BCUT2D eigenvalue weighted by molar-refractivity contribution is 1.02. The van der Waals surface area contributed by atoms with Crippen LogP contribution < -0.4 is 0 Å². The zero-order valence-corrected chi connectivity index (χ0v) is 9.85. The first-order valence-electron chi connectivity index (χ1n) is 4.99. The number of fused-ring (bicyclic) bond motifs is 3. The highest BCUT2D eigenvalue weighted by atomic mass is 32.1. The van der Waals surface area contributed by atoms with Crippen LogP contribution in [0.1, 0.15) is 10.6 Å². The smallest absolute Gasteiger partial charge is 0.124 e. The van der Waals surface area contributed by atoms with E-state index < -0.39 is 0 Å². The predicted molar refractivity (Wildman–Crippen MR) is 65.6 cm³/mol. The largest absolute Gasteiger partial charge is 0.334 e. The lowest BCUT2D eigenvalue weighted by Gasteiger charge is -1.97. The second kappa shape index (κ2) is 2.83. The monoisotopic (exact) mass is 216 g/mol. The molecule has 0 N–H and O–H groups in total. The van der Waals surface area contributed by atoms with Gasteiger partial charge in [0.1, 0.15) is 10.3 Å². The average Bonchev–Trinajstić information content (AvgIpc) is 2.67. The fraction of sp³-hybridized carbons (Fsp3) is 0.250. The second-order valence-electron chi connectivity index (χ2n) is 3.97. The van der Waals surface area contributed by atoms with Crippen LogP contribution in [0.4, 0.5) is 0 Å². The third kappa shape index (κ3) is 1.13. The molecule has 3 rings (SSSR count). The van der Waals surface area contributed by atoms with Gasteiger partial charge in [0.2, 0.25) is 0 Å². The van der Waals surface area contributed by atoms with Crippen molar-refractivity contribution in [3.8, 4) is 0 Å². The molecule has 76 valence electrons. The number of hydrogen-bond donors (Lipinski definition) is 0. The van der Waals surface area contributed by atoms with Crippen molar-refractivity contribution in [2.75, 3.05) is 0 Å². The molecule has 0 fully saturated rings. The van der Waals surface area contributed by atoms with Crippen molar-refractivity contribution >= 4 is 32.6 Å². The van der Waals surface area contributed by atoms with Crippen molar-refractivity contribution in [1.29, 1.82) is 0 Å². The Labute approximate surface area is 92.2 Å². The molecule has 0 saturated heterocycles. The number of thiazole rings is 1. The van der Waals surface area contributed by atoms with Gasteiger partial charge in [-0.1, -0.05) is 11.6 Å².